The third kappa shape index (κ3) is 2.68. The Morgan fingerprint density at radius 3 is 2.80 bits per heavy atom. The van der Waals surface area contributed by atoms with Crippen molar-refractivity contribution in [2.75, 3.05) is 13.1 Å². The smallest absolute Gasteiger partial charge is 0.240 e. The summed E-state index contributed by atoms with van der Waals surface area (Å²) in [5.41, 5.74) is 5.25. The Kier molecular flexibility index (Phi) is 4.08. The number of likely N-dealkylation sites (N-methyl/N-ethyl adjacent to an activating group) is 1. The highest BCUT2D eigenvalue weighted by atomic mass is 16.2. The number of primary amides is 1. The summed E-state index contributed by atoms with van der Waals surface area (Å²) in [6, 6.07) is -0.645. The second kappa shape index (κ2) is 5.11. The van der Waals surface area contributed by atoms with Crippen LogP contribution in [0.5, 0.6) is 0 Å². The Morgan fingerprint density at radius 1 is 1.60 bits per heavy atom. The number of likely N-dealkylation sites (tertiary alicyclic amines) is 1. The Balaban J connectivity index is 2.62. The fraction of sp³-hybridized carbons (Fsp3) is 0.800. The van der Waals surface area contributed by atoms with Crippen molar-refractivity contribution in [3.63, 3.8) is 0 Å². The molecule has 0 bridgehead atoms. The van der Waals surface area contributed by atoms with Crippen LogP contribution in [0.3, 0.4) is 0 Å². The van der Waals surface area contributed by atoms with Crippen LogP contribution in [0.1, 0.15) is 26.7 Å². The number of carbonyl (C=O) groups excluding carboxylic acids is 2. The molecule has 0 spiro atoms. The van der Waals surface area contributed by atoms with E-state index in [1.807, 2.05) is 13.8 Å². The van der Waals surface area contributed by atoms with Crippen LogP contribution < -0.4 is 11.1 Å². The van der Waals surface area contributed by atoms with Crippen molar-refractivity contribution in [3.8, 4) is 0 Å². The maximum Gasteiger partial charge on any atom is 0.240 e. The first-order valence-corrected chi connectivity index (χ1v) is 5.41. The molecule has 1 aliphatic rings. The van der Waals surface area contributed by atoms with E-state index in [1.54, 1.807) is 4.90 Å². The summed E-state index contributed by atoms with van der Waals surface area (Å²) in [7, 11) is 0. The second-order valence-electron chi connectivity index (χ2n) is 3.87. The molecular weight excluding hydrogens is 194 g/mol. The Labute approximate surface area is 90.0 Å². The number of hydrogen-bond donors (Lipinski definition) is 2. The number of nitrogens with one attached hydrogen (secondary N) is 1. The average molecular weight is 213 g/mol. The number of amides is 2. The number of rotatable bonds is 4. The zero-order valence-electron chi connectivity index (χ0n) is 9.32. The van der Waals surface area contributed by atoms with Gasteiger partial charge in [0.15, 0.2) is 0 Å². The summed E-state index contributed by atoms with van der Waals surface area (Å²) in [6.07, 6.45) is 1.55. The molecule has 3 N–H and O–H groups in total. The van der Waals surface area contributed by atoms with Gasteiger partial charge in [-0.1, -0.05) is 6.92 Å². The van der Waals surface area contributed by atoms with Crippen LogP contribution in [0, 0.1) is 0 Å². The van der Waals surface area contributed by atoms with Gasteiger partial charge in [-0.3, -0.25) is 9.59 Å². The van der Waals surface area contributed by atoms with Crippen molar-refractivity contribution in [2.45, 2.75) is 38.8 Å². The fourth-order valence-electron chi connectivity index (χ4n) is 1.97. The van der Waals surface area contributed by atoms with Crippen LogP contribution in [0.25, 0.3) is 0 Å². The molecule has 2 unspecified atom stereocenters. The quantitative estimate of drug-likeness (QED) is 0.658. The normalized spacial score (nSPS) is 22.8. The summed E-state index contributed by atoms with van der Waals surface area (Å²) in [4.78, 5) is 24.6. The molecule has 0 aromatic carbocycles. The molecule has 1 saturated heterocycles. The first-order chi connectivity index (χ1) is 7.07. The number of carbonyl (C=O) groups is 2. The van der Waals surface area contributed by atoms with Crippen LogP contribution >= 0.6 is 0 Å². The van der Waals surface area contributed by atoms with Gasteiger partial charge in [0.2, 0.25) is 11.8 Å². The van der Waals surface area contributed by atoms with Gasteiger partial charge in [-0.25, -0.2) is 0 Å². The van der Waals surface area contributed by atoms with Crippen LogP contribution in [0.15, 0.2) is 0 Å². The second-order valence-corrected chi connectivity index (χ2v) is 3.87. The van der Waals surface area contributed by atoms with E-state index >= 15 is 0 Å². The van der Waals surface area contributed by atoms with Gasteiger partial charge in [0, 0.05) is 6.54 Å². The molecule has 2 atom stereocenters. The fourth-order valence-corrected chi connectivity index (χ4v) is 1.97. The molecule has 0 aromatic heterocycles. The molecule has 86 valence electrons. The van der Waals surface area contributed by atoms with Crippen LogP contribution in [-0.4, -0.2) is 41.9 Å². The monoisotopic (exact) mass is 213 g/mol. The van der Waals surface area contributed by atoms with Gasteiger partial charge >= 0.3 is 0 Å². The maximum atomic E-state index is 11.9. The number of hydrogen-bond acceptors (Lipinski definition) is 3. The molecule has 1 fully saturated rings. The lowest BCUT2D eigenvalue weighted by Crippen LogP contribution is -2.50. The largest absolute Gasteiger partial charge is 0.368 e. The Hall–Kier alpha value is -1.10. The first-order valence-electron chi connectivity index (χ1n) is 5.41. The minimum atomic E-state index is -0.404. The summed E-state index contributed by atoms with van der Waals surface area (Å²) < 4.78 is 0. The van der Waals surface area contributed by atoms with Crippen LogP contribution in [-0.2, 0) is 9.59 Å². The highest BCUT2D eigenvalue weighted by Crippen LogP contribution is 2.17. The molecule has 5 nitrogen and oxygen atoms in total. The summed E-state index contributed by atoms with van der Waals surface area (Å²) in [6.45, 7) is 5.13. The third-order valence-corrected chi connectivity index (χ3v) is 2.75. The SMILES string of the molecule is CCNC(C)C(=O)N1CCCC1C(N)=O. The van der Waals surface area contributed by atoms with Crippen molar-refractivity contribution in [1.29, 1.82) is 0 Å². The lowest BCUT2D eigenvalue weighted by atomic mass is 10.2. The topological polar surface area (TPSA) is 75.4 Å². The average Bonchev–Trinajstić information content (AvgIpc) is 2.65. The van der Waals surface area contributed by atoms with Crippen LogP contribution in [0.4, 0.5) is 0 Å². The maximum absolute atomic E-state index is 11.9. The van der Waals surface area contributed by atoms with Gasteiger partial charge in [0.25, 0.3) is 0 Å². The van der Waals surface area contributed by atoms with Crippen molar-refractivity contribution in [3.05, 3.63) is 0 Å². The van der Waals surface area contributed by atoms with E-state index in [4.69, 9.17) is 5.73 Å². The molecule has 1 rings (SSSR count). The Bertz CT molecular complexity index is 255. The number of nitrogens with zero attached hydrogens (tertiary/aromatic N) is 1. The summed E-state index contributed by atoms with van der Waals surface area (Å²) >= 11 is 0. The molecule has 0 aliphatic carbocycles. The minimum absolute atomic E-state index is 0.0295. The molecule has 1 heterocycles. The van der Waals surface area contributed by atoms with Gasteiger partial charge < -0.3 is 16.0 Å². The summed E-state index contributed by atoms with van der Waals surface area (Å²) in [5, 5.41) is 3.04. The highest BCUT2D eigenvalue weighted by Gasteiger charge is 2.34. The van der Waals surface area contributed by atoms with Gasteiger partial charge in [0.05, 0.1) is 6.04 Å². The van der Waals surface area contributed by atoms with Gasteiger partial charge in [0.1, 0.15) is 6.04 Å². The molecule has 2 amide bonds. The van der Waals surface area contributed by atoms with Crippen LogP contribution in [0.2, 0.25) is 0 Å². The van der Waals surface area contributed by atoms with Gasteiger partial charge in [-0.05, 0) is 26.3 Å². The van der Waals surface area contributed by atoms with Crippen molar-refractivity contribution in [1.82, 2.24) is 10.2 Å². The van der Waals surface area contributed by atoms with Gasteiger partial charge in [-0.15, -0.1) is 0 Å². The third-order valence-electron chi connectivity index (χ3n) is 2.75. The van der Waals surface area contributed by atoms with E-state index in [0.29, 0.717) is 13.0 Å². The van der Waals surface area contributed by atoms with Gasteiger partial charge in [-0.2, -0.15) is 0 Å². The first kappa shape index (κ1) is 12.0. The van der Waals surface area contributed by atoms with E-state index < -0.39 is 11.9 Å². The van der Waals surface area contributed by atoms with Crippen molar-refractivity contribution >= 4 is 11.8 Å². The predicted molar refractivity (Wildman–Crippen MR) is 57.1 cm³/mol. The van der Waals surface area contributed by atoms with E-state index in [1.165, 1.54) is 0 Å². The molecule has 15 heavy (non-hydrogen) atoms. The standard InChI is InChI=1S/C10H19N3O2/c1-3-12-7(2)10(15)13-6-4-5-8(13)9(11)14/h7-8,12H,3-6H2,1-2H3,(H2,11,14). The summed E-state index contributed by atoms with van der Waals surface area (Å²) in [5.74, 6) is -0.428. The highest BCUT2D eigenvalue weighted by molar-refractivity contribution is 5.89. The Morgan fingerprint density at radius 2 is 2.27 bits per heavy atom. The lowest BCUT2D eigenvalue weighted by Gasteiger charge is -2.25. The van der Waals surface area contributed by atoms with Crippen molar-refractivity contribution in [2.24, 2.45) is 5.73 Å². The molecule has 5 heteroatoms. The van der Waals surface area contributed by atoms with Crippen molar-refractivity contribution < 1.29 is 9.59 Å². The zero-order valence-corrected chi connectivity index (χ0v) is 9.32. The molecular formula is C10H19N3O2. The van der Waals surface area contributed by atoms with E-state index in [2.05, 4.69) is 5.32 Å². The number of nitrogens with two attached hydrogens (primary N) is 1. The van der Waals surface area contributed by atoms with E-state index in [0.717, 1.165) is 13.0 Å². The molecule has 0 radical (unpaired) electrons. The predicted octanol–water partition coefficient (Wildman–Crippen LogP) is -0.539. The van der Waals surface area contributed by atoms with E-state index in [9.17, 15) is 9.59 Å². The molecule has 1 aliphatic heterocycles. The minimum Gasteiger partial charge on any atom is -0.368 e. The zero-order chi connectivity index (χ0) is 11.4. The molecule has 0 saturated carbocycles. The molecule has 0 aromatic rings. The van der Waals surface area contributed by atoms with E-state index in [-0.39, 0.29) is 11.9 Å². The lowest BCUT2D eigenvalue weighted by molar-refractivity contribution is -0.138.